The quantitative estimate of drug-likeness (QED) is 0.360. The van der Waals surface area contributed by atoms with Crippen molar-refractivity contribution in [2.24, 2.45) is 13.0 Å². The standard InChI is InChI=1S/C28H31N2/c1-18(2)13-25-10-7-24(17-29-25)22-8-11-27-23(16-22)9-12-28(30(27)6)26-15-19(3)14-20(4)21(26)5/h7-12,14-18H,13H2,1-6H3/q+1. The van der Waals surface area contributed by atoms with Crippen LogP contribution in [0.5, 0.6) is 0 Å². The third-order valence-electron chi connectivity index (χ3n) is 6.03. The van der Waals surface area contributed by atoms with Gasteiger partial charge in [0.1, 0.15) is 7.05 Å². The lowest BCUT2D eigenvalue weighted by Crippen LogP contribution is -2.32. The van der Waals surface area contributed by atoms with E-state index in [9.17, 15) is 0 Å². The minimum absolute atomic E-state index is 0.624. The molecule has 0 aliphatic carbocycles. The Kier molecular flexibility index (Phi) is 5.42. The van der Waals surface area contributed by atoms with E-state index in [1.165, 1.54) is 50.0 Å². The molecule has 0 bridgehead atoms. The van der Waals surface area contributed by atoms with Gasteiger partial charge < -0.3 is 0 Å². The highest BCUT2D eigenvalue weighted by Crippen LogP contribution is 2.28. The third-order valence-corrected chi connectivity index (χ3v) is 6.03. The zero-order valence-electron chi connectivity index (χ0n) is 19.0. The number of aryl methyl sites for hydroxylation is 3. The summed E-state index contributed by atoms with van der Waals surface area (Å²) in [6.07, 6.45) is 3.03. The van der Waals surface area contributed by atoms with Gasteiger partial charge >= 0.3 is 0 Å². The summed E-state index contributed by atoms with van der Waals surface area (Å²) in [7, 11) is 2.16. The summed E-state index contributed by atoms with van der Waals surface area (Å²) in [4.78, 5) is 4.67. The lowest BCUT2D eigenvalue weighted by atomic mass is 9.96. The van der Waals surface area contributed by atoms with Crippen molar-refractivity contribution < 1.29 is 4.57 Å². The second-order valence-corrected chi connectivity index (χ2v) is 8.94. The maximum absolute atomic E-state index is 4.67. The summed E-state index contributed by atoms with van der Waals surface area (Å²) in [5, 5.41) is 1.24. The molecule has 0 radical (unpaired) electrons. The van der Waals surface area contributed by atoms with Gasteiger partial charge in [-0.15, -0.1) is 0 Å². The molecule has 2 heterocycles. The van der Waals surface area contributed by atoms with Gasteiger partial charge in [-0.2, -0.15) is 4.57 Å². The molecule has 0 aliphatic rings. The molecule has 4 rings (SSSR count). The molecule has 0 spiro atoms. The molecule has 0 amide bonds. The Balaban J connectivity index is 1.75. The van der Waals surface area contributed by atoms with Crippen molar-refractivity contribution >= 4 is 10.9 Å². The molecular weight excluding hydrogens is 364 g/mol. The molecule has 0 saturated heterocycles. The maximum atomic E-state index is 4.67. The fourth-order valence-corrected chi connectivity index (χ4v) is 4.29. The van der Waals surface area contributed by atoms with Crippen molar-refractivity contribution in [1.29, 1.82) is 0 Å². The Bertz CT molecular complexity index is 1220. The first-order valence-corrected chi connectivity index (χ1v) is 10.8. The smallest absolute Gasteiger partial charge is 0.213 e. The highest BCUT2D eigenvalue weighted by Gasteiger charge is 2.17. The molecule has 4 aromatic rings. The number of rotatable bonds is 4. The molecule has 0 N–H and O–H groups in total. The van der Waals surface area contributed by atoms with E-state index in [1.807, 2.05) is 6.20 Å². The summed E-state index contributed by atoms with van der Waals surface area (Å²) in [5.41, 5.74) is 11.3. The number of pyridine rings is 2. The fourth-order valence-electron chi connectivity index (χ4n) is 4.29. The van der Waals surface area contributed by atoms with Gasteiger partial charge in [-0.25, -0.2) is 0 Å². The van der Waals surface area contributed by atoms with Crippen LogP contribution < -0.4 is 4.57 Å². The van der Waals surface area contributed by atoms with Crippen LogP contribution >= 0.6 is 0 Å². The van der Waals surface area contributed by atoms with Gasteiger partial charge in [0.25, 0.3) is 0 Å². The molecular formula is C28H31N2+. The van der Waals surface area contributed by atoms with Gasteiger partial charge in [0, 0.05) is 40.5 Å². The predicted octanol–water partition coefficient (Wildman–Crippen LogP) is 6.52. The normalized spacial score (nSPS) is 11.4. The van der Waals surface area contributed by atoms with Crippen molar-refractivity contribution in [3.05, 3.63) is 83.2 Å². The Hall–Kier alpha value is -3.00. The highest BCUT2D eigenvalue weighted by atomic mass is 14.9. The molecule has 2 aromatic carbocycles. The van der Waals surface area contributed by atoms with Crippen LogP contribution in [0.2, 0.25) is 0 Å². The molecule has 2 aromatic heterocycles. The Morgan fingerprint density at radius 3 is 2.33 bits per heavy atom. The first-order chi connectivity index (χ1) is 14.3. The average molecular weight is 396 g/mol. The Morgan fingerprint density at radius 1 is 0.867 bits per heavy atom. The number of benzene rings is 2. The second-order valence-electron chi connectivity index (χ2n) is 8.94. The zero-order chi connectivity index (χ0) is 21.4. The minimum Gasteiger partial charge on any atom is -0.261 e. The van der Waals surface area contributed by atoms with E-state index in [0.717, 1.165) is 12.1 Å². The topological polar surface area (TPSA) is 16.8 Å². The van der Waals surface area contributed by atoms with Crippen LogP contribution in [-0.4, -0.2) is 4.98 Å². The molecule has 152 valence electrons. The van der Waals surface area contributed by atoms with Crippen molar-refractivity contribution in [1.82, 2.24) is 4.98 Å². The SMILES string of the molecule is Cc1cc(C)c(C)c(-c2ccc3cc(-c4ccc(CC(C)C)nc4)ccc3[n+]2C)c1. The van der Waals surface area contributed by atoms with E-state index in [2.05, 4.69) is 106 Å². The van der Waals surface area contributed by atoms with Crippen LogP contribution in [0.3, 0.4) is 0 Å². The Labute approximate surface area is 180 Å². The van der Waals surface area contributed by atoms with Crippen LogP contribution in [0.1, 0.15) is 36.2 Å². The largest absolute Gasteiger partial charge is 0.261 e. The number of aromatic nitrogens is 2. The molecule has 0 aliphatic heterocycles. The lowest BCUT2D eigenvalue weighted by Gasteiger charge is -2.11. The van der Waals surface area contributed by atoms with Crippen molar-refractivity contribution in [2.75, 3.05) is 0 Å². The molecule has 30 heavy (non-hydrogen) atoms. The minimum atomic E-state index is 0.624. The van der Waals surface area contributed by atoms with Crippen LogP contribution in [0.25, 0.3) is 33.3 Å². The van der Waals surface area contributed by atoms with Crippen LogP contribution in [0.4, 0.5) is 0 Å². The summed E-state index contributed by atoms with van der Waals surface area (Å²) >= 11 is 0. The third kappa shape index (κ3) is 3.87. The molecule has 2 nitrogen and oxygen atoms in total. The van der Waals surface area contributed by atoms with Crippen LogP contribution in [0.15, 0.2) is 60.8 Å². The number of nitrogens with zero attached hydrogens (tertiary/aromatic N) is 2. The number of hydrogen-bond donors (Lipinski definition) is 0. The van der Waals surface area contributed by atoms with Crippen LogP contribution in [0, 0.1) is 26.7 Å². The molecule has 0 saturated carbocycles. The first kappa shape index (κ1) is 20.3. The highest BCUT2D eigenvalue weighted by molar-refractivity contribution is 5.83. The van der Waals surface area contributed by atoms with E-state index in [-0.39, 0.29) is 0 Å². The van der Waals surface area contributed by atoms with Gasteiger partial charge in [-0.05, 0) is 80.1 Å². The number of fused-ring (bicyclic) bond motifs is 1. The first-order valence-electron chi connectivity index (χ1n) is 10.8. The van der Waals surface area contributed by atoms with E-state index in [4.69, 9.17) is 0 Å². The molecule has 0 unspecified atom stereocenters. The van der Waals surface area contributed by atoms with Crippen molar-refractivity contribution in [3.8, 4) is 22.4 Å². The van der Waals surface area contributed by atoms with E-state index >= 15 is 0 Å². The monoisotopic (exact) mass is 395 g/mol. The lowest BCUT2D eigenvalue weighted by molar-refractivity contribution is -0.633. The van der Waals surface area contributed by atoms with E-state index < -0.39 is 0 Å². The van der Waals surface area contributed by atoms with E-state index in [0.29, 0.717) is 5.92 Å². The maximum Gasteiger partial charge on any atom is 0.213 e. The molecule has 2 heteroatoms. The molecule has 0 fully saturated rings. The summed E-state index contributed by atoms with van der Waals surface area (Å²) in [5.74, 6) is 0.624. The van der Waals surface area contributed by atoms with E-state index in [1.54, 1.807) is 0 Å². The van der Waals surface area contributed by atoms with Crippen molar-refractivity contribution in [2.45, 2.75) is 41.0 Å². The van der Waals surface area contributed by atoms with Crippen LogP contribution in [-0.2, 0) is 13.5 Å². The van der Waals surface area contributed by atoms with Crippen molar-refractivity contribution in [3.63, 3.8) is 0 Å². The van der Waals surface area contributed by atoms with Gasteiger partial charge in [0.2, 0.25) is 11.2 Å². The van der Waals surface area contributed by atoms with Gasteiger partial charge in [-0.3, -0.25) is 4.98 Å². The summed E-state index contributed by atoms with van der Waals surface area (Å²) in [6, 6.07) is 20.1. The summed E-state index contributed by atoms with van der Waals surface area (Å²) in [6.45, 7) is 11.0. The van der Waals surface area contributed by atoms with Gasteiger partial charge in [0.05, 0.1) is 0 Å². The predicted molar refractivity (Wildman–Crippen MR) is 127 cm³/mol. The summed E-state index contributed by atoms with van der Waals surface area (Å²) < 4.78 is 2.31. The Morgan fingerprint density at radius 2 is 1.63 bits per heavy atom. The van der Waals surface area contributed by atoms with Gasteiger partial charge in [0.15, 0.2) is 0 Å². The second kappa shape index (κ2) is 8.02. The van der Waals surface area contributed by atoms with Gasteiger partial charge in [-0.1, -0.05) is 31.5 Å². The average Bonchev–Trinajstić information content (AvgIpc) is 2.71. The number of hydrogen-bond acceptors (Lipinski definition) is 1. The molecule has 0 atom stereocenters. The zero-order valence-corrected chi connectivity index (χ0v) is 19.0. The fraction of sp³-hybridized carbons (Fsp3) is 0.286.